The van der Waals surface area contributed by atoms with Gasteiger partial charge in [-0.05, 0) is 25.7 Å². The van der Waals surface area contributed by atoms with Crippen LogP contribution >= 0.6 is 0 Å². The lowest BCUT2D eigenvalue weighted by Gasteiger charge is -2.30. The Bertz CT molecular complexity index is 264. The van der Waals surface area contributed by atoms with Crippen molar-refractivity contribution < 1.29 is 9.53 Å². The first-order valence-electron chi connectivity index (χ1n) is 6.58. The predicted octanol–water partition coefficient (Wildman–Crippen LogP) is 3.69. The van der Waals surface area contributed by atoms with Crippen LogP contribution in [0.15, 0.2) is 0 Å². The number of nitriles is 1. The van der Waals surface area contributed by atoms with Gasteiger partial charge in [0.15, 0.2) is 0 Å². The smallest absolute Gasteiger partial charge is 0.308 e. The first kappa shape index (κ1) is 16.0. The van der Waals surface area contributed by atoms with Crippen LogP contribution in [-0.2, 0) is 9.53 Å². The number of carbonyl (C=O) groups is 1. The molecule has 0 radical (unpaired) electrons. The van der Waals surface area contributed by atoms with E-state index >= 15 is 0 Å². The van der Waals surface area contributed by atoms with E-state index in [1.807, 2.05) is 13.8 Å². The molecule has 1 atom stereocenters. The van der Waals surface area contributed by atoms with Gasteiger partial charge in [-0.1, -0.05) is 27.7 Å². The highest BCUT2D eigenvalue weighted by atomic mass is 16.5. The average Bonchev–Trinajstić information content (AvgIpc) is 2.38. The molecule has 0 fully saturated rings. The molecule has 3 nitrogen and oxygen atoms in total. The minimum atomic E-state index is -0.115. The summed E-state index contributed by atoms with van der Waals surface area (Å²) >= 11 is 0. The summed E-state index contributed by atoms with van der Waals surface area (Å²) in [6.07, 6.45) is 4.03. The topological polar surface area (TPSA) is 50.1 Å². The van der Waals surface area contributed by atoms with Crippen LogP contribution in [0, 0.1) is 22.7 Å². The van der Waals surface area contributed by atoms with E-state index in [4.69, 9.17) is 10.00 Å². The van der Waals surface area contributed by atoms with Gasteiger partial charge in [-0.3, -0.25) is 4.79 Å². The maximum atomic E-state index is 11.6. The van der Waals surface area contributed by atoms with E-state index in [0.717, 1.165) is 25.7 Å². The van der Waals surface area contributed by atoms with E-state index in [2.05, 4.69) is 19.9 Å². The second-order valence-electron chi connectivity index (χ2n) is 4.78. The van der Waals surface area contributed by atoms with Crippen molar-refractivity contribution in [3.05, 3.63) is 0 Å². The SMILES string of the molecule is CCC(C)C(=O)OCC(CC)(CC)CCC#N. The molecule has 0 aliphatic heterocycles. The summed E-state index contributed by atoms with van der Waals surface area (Å²) in [6, 6.07) is 2.17. The van der Waals surface area contributed by atoms with Crippen molar-refractivity contribution in [3.63, 3.8) is 0 Å². The summed E-state index contributed by atoms with van der Waals surface area (Å²) in [5.74, 6) is -0.145. The second kappa shape index (κ2) is 8.11. The third-order valence-electron chi connectivity index (χ3n) is 3.80. The fraction of sp³-hybridized carbons (Fsp3) is 0.857. The van der Waals surface area contributed by atoms with Gasteiger partial charge in [-0.2, -0.15) is 5.26 Å². The average molecular weight is 239 g/mol. The lowest BCUT2D eigenvalue weighted by atomic mass is 9.79. The van der Waals surface area contributed by atoms with Crippen molar-refractivity contribution in [1.29, 1.82) is 5.26 Å². The Morgan fingerprint density at radius 1 is 1.35 bits per heavy atom. The molecule has 0 aromatic heterocycles. The number of esters is 1. The summed E-state index contributed by atoms with van der Waals surface area (Å²) < 4.78 is 5.39. The van der Waals surface area contributed by atoms with Crippen LogP contribution in [0.25, 0.3) is 0 Å². The van der Waals surface area contributed by atoms with Crippen LogP contribution in [0.3, 0.4) is 0 Å². The largest absolute Gasteiger partial charge is 0.465 e. The lowest BCUT2D eigenvalue weighted by Crippen LogP contribution is -2.28. The molecule has 0 aromatic rings. The molecule has 0 aliphatic rings. The molecule has 17 heavy (non-hydrogen) atoms. The van der Waals surface area contributed by atoms with Gasteiger partial charge < -0.3 is 4.74 Å². The van der Waals surface area contributed by atoms with Crippen LogP contribution in [0.5, 0.6) is 0 Å². The number of ether oxygens (including phenoxy) is 1. The number of carbonyl (C=O) groups excluding carboxylic acids is 1. The first-order chi connectivity index (χ1) is 8.05. The minimum absolute atomic E-state index is 0.0150. The molecule has 0 saturated heterocycles. The quantitative estimate of drug-likeness (QED) is 0.607. The Kier molecular flexibility index (Phi) is 7.61. The van der Waals surface area contributed by atoms with Crippen LogP contribution in [0.2, 0.25) is 0 Å². The fourth-order valence-electron chi connectivity index (χ4n) is 1.73. The Morgan fingerprint density at radius 2 is 1.94 bits per heavy atom. The number of rotatable bonds is 8. The molecule has 0 N–H and O–H groups in total. The van der Waals surface area contributed by atoms with Gasteiger partial charge in [-0.25, -0.2) is 0 Å². The second-order valence-corrected chi connectivity index (χ2v) is 4.78. The molecule has 0 rings (SSSR count). The zero-order valence-electron chi connectivity index (χ0n) is 11.6. The molecule has 0 bridgehead atoms. The van der Waals surface area contributed by atoms with Gasteiger partial charge in [0, 0.05) is 11.8 Å². The van der Waals surface area contributed by atoms with Crippen molar-refractivity contribution in [1.82, 2.24) is 0 Å². The van der Waals surface area contributed by atoms with E-state index in [1.165, 1.54) is 0 Å². The molecule has 0 aliphatic carbocycles. The zero-order chi connectivity index (χ0) is 13.3. The monoisotopic (exact) mass is 239 g/mol. The highest BCUT2D eigenvalue weighted by Gasteiger charge is 2.28. The molecule has 1 unspecified atom stereocenters. The van der Waals surface area contributed by atoms with Crippen molar-refractivity contribution in [2.24, 2.45) is 11.3 Å². The van der Waals surface area contributed by atoms with Crippen LogP contribution in [0.4, 0.5) is 0 Å². The van der Waals surface area contributed by atoms with Crippen molar-refractivity contribution >= 4 is 5.97 Å². The van der Waals surface area contributed by atoms with Crippen molar-refractivity contribution in [3.8, 4) is 6.07 Å². The summed E-state index contributed by atoms with van der Waals surface area (Å²) in [5, 5.41) is 8.67. The molecule has 0 heterocycles. The minimum Gasteiger partial charge on any atom is -0.465 e. The number of hydrogen-bond acceptors (Lipinski definition) is 3. The molecule has 98 valence electrons. The highest BCUT2D eigenvalue weighted by molar-refractivity contribution is 5.71. The van der Waals surface area contributed by atoms with Crippen molar-refractivity contribution in [2.45, 2.75) is 59.8 Å². The van der Waals surface area contributed by atoms with E-state index in [-0.39, 0.29) is 17.3 Å². The number of hydrogen-bond donors (Lipinski definition) is 0. The Balaban J connectivity index is 4.35. The van der Waals surface area contributed by atoms with Gasteiger partial charge >= 0.3 is 5.97 Å². The predicted molar refractivity (Wildman–Crippen MR) is 68.3 cm³/mol. The summed E-state index contributed by atoms with van der Waals surface area (Å²) in [7, 11) is 0. The number of nitrogens with zero attached hydrogens (tertiary/aromatic N) is 1. The molecular weight excluding hydrogens is 214 g/mol. The molecule has 0 amide bonds. The molecule has 3 heteroatoms. The fourth-order valence-corrected chi connectivity index (χ4v) is 1.73. The maximum Gasteiger partial charge on any atom is 0.308 e. The lowest BCUT2D eigenvalue weighted by molar-refractivity contribution is -0.152. The summed E-state index contributed by atoms with van der Waals surface area (Å²) in [5.41, 5.74) is -0.0150. The van der Waals surface area contributed by atoms with Crippen LogP contribution in [0.1, 0.15) is 59.8 Å². The van der Waals surface area contributed by atoms with E-state index in [9.17, 15) is 4.79 Å². The first-order valence-corrected chi connectivity index (χ1v) is 6.58. The van der Waals surface area contributed by atoms with Crippen molar-refractivity contribution in [2.75, 3.05) is 6.61 Å². The molecule has 0 spiro atoms. The Hall–Kier alpha value is -1.04. The third kappa shape index (κ3) is 5.21. The standard InChI is InChI=1S/C14H25NO2/c1-5-12(4)13(16)17-11-14(6-2,7-3)9-8-10-15/h12H,5-9,11H2,1-4H3. The van der Waals surface area contributed by atoms with E-state index < -0.39 is 0 Å². The summed E-state index contributed by atoms with van der Waals surface area (Å²) in [6.45, 7) is 8.51. The van der Waals surface area contributed by atoms with E-state index in [0.29, 0.717) is 13.0 Å². The Morgan fingerprint density at radius 3 is 2.35 bits per heavy atom. The summed E-state index contributed by atoms with van der Waals surface area (Å²) in [4.78, 5) is 11.6. The van der Waals surface area contributed by atoms with Crippen LogP contribution in [-0.4, -0.2) is 12.6 Å². The molecular formula is C14H25NO2. The maximum absolute atomic E-state index is 11.6. The van der Waals surface area contributed by atoms with Gasteiger partial charge in [0.1, 0.15) is 0 Å². The van der Waals surface area contributed by atoms with Gasteiger partial charge in [0.05, 0.1) is 18.6 Å². The van der Waals surface area contributed by atoms with Gasteiger partial charge in [-0.15, -0.1) is 0 Å². The van der Waals surface area contributed by atoms with E-state index in [1.54, 1.807) is 0 Å². The van der Waals surface area contributed by atoms with Gasteiger partial charge in [0.2, 0.25) is 0 Å². The zero-order valence-corrected chi connectivity index (χ0v) is 11.6. The van der Waals surface area contributed by atoms with Crippen LogP contribution < -0.4 is 0 Å². The third-order valence-corrected chi connectivity index (χ3v) is 3.80. The Labute approximate surface area is 105 Å². The normalized spacial score (nSPS) is 12.9. The molecule has 0 saturated carbocycles. The van der Waals surface area contributed by atoms with Gasteiger partial charge in [0.25, 0.3) is 0 Å². The molecule has 0 aromatic carbocycles. The highest BCUT2D eigenvalue weighted by Crippen LogP contribution is 2.32.